The highest BCUT2D eigenvalue weighted by molar-refractivity contribution is 9.10. The summed E-state index contributed by atoms with van der Waals surface area (Å²) < 4.78 is 0.599. The van der Waals surface area contributed by atoms with Crippen LogP contribution in [-0.2, 0) is 4.79 Å². The lowest BCUT2D eigenvalue weighted by Crippen LogP contribution is -2.41. The van der Waals surface area contributed by atoms with Crippen LogP contribution in [0.15, 0.2) is 22.7 Å². The number of hydrogen-bond donors (Lipinski definition) is 2. The molecule has 104 valence electrons. The van der Waals surface area contributed by atoms with Crippen molar-refractivity contribution in [3.63, 3.8) is 0 Å². The van der Waals surface area contributed by atoms with Gasteiger partial charge in [-0.3, -0.25) is 14.9 Å². The Hall–Kier alpha value is -1.47. The average molecular weight is 330 g/mol. The first-order chi connectivity index (χ1) is 8.69. The molecule has 0 atom stereocenters. The van der Waals surface area contributed by atoms with Gasteiger partial charge in [0.25, 0.3) is 5.69 Å². The van der Waals surface area contributed by atoms with Gasteiger partial charge >= 0.3 is 0 Å². The smallest absolute Gasteiger partial charge is 0.271 e. The highest BCUT2D eigenvalue weighted by Crippen LogP contribution is 2.26. The van der Waals surface area contributed by atoms with Crippen molar-refractivity contribution in [2.45, 2.75) is 26.3 Å². The van der Waals surface area contributed by atoms with Crippen LogP contribution in [0.2, 0.25) is 0 Å². The topological polar surface area (TPSA) is 84.3 Å². The monoisotopic (exact) mass is 329 g/mol. The summed E-state index contributed by atoms with van der Waals surface area (Å²) in [4.78, 5) is 21.9. The van der Waals surface area contributed by atoms with Crippen molar-refractivity contribution in [2.75, 3.05) is 11.9 Å². The number of benzene rings is 1. The predicted molar refractivity (Wildman–Crippen MR) is 77.2 cm³/mol. The molecule has 0 fully saturated rings. The van der Waals surface area contributed by atoms with Crippen molar-refractivity contribution in [2.24, 2.45) is 0 Å². The van der Waals surface area contributed by atoms with Crippen LogP contribution in [0.1, 0.15) is 20.8 Å². The van der Waals surface area contributed by atoms with Gasteiger partial charge in [0.05, 0.1) is 17.2 Å². The van der Waals surface area contributed by atoms with Gasteiger partial charge in [-0.1, -0.05) is 0 Å². The number of nitro groups is 1. The fourth-order valence-electron chi connectivity index (χ4n) is 1.26. The molecule has 0 bridgehead atoms. The molecule has 0 heterocycles. The number of carbonyl (C=O) groups is 1. The molecule has 1 aromatic rings. The molecule has 0 aromatic heterocycles. The van der Waals surface area contributed by atoms with E-state index < -0.39 is 4.92 Å². The van der Waals surface area contributed by atoms with E-state index in [9.17, 15) is 14.9 Å². The first kappa shape index (κ1) is 15.6. The van der Waals surface area contributed by atoms with Crippen molar-refractivity contribution in [1.29, 1.82) is 0 Å². The van der Waals surface area contributed by atoms with E-state index in [1.165, 1.54) is 18.2 Å². The van der Waals surface area contributed by atoms with Gasteiger partial charge in [-0.2, -0.15) is 0 Å². The first-order valence-corrected chi connectivity index (χ1v) is 6.47. The van der Waals surface area contributed by atoms with E-state index >= 15 is 0 Å². The summed E-state index contributed by atoms with van der Waals surface area (Å²) in [6.07, 6.45) is 0. The number of nitro benzene ring substituents is 1. The van der Waals surface area contributed by atoms with Crippen LogP contribution in [0.5, 0.6) is 0 Å². The standard InChI is InChI=1S/C12H16BrN3O3/c1-12(2,3)14-7-11(17)15-10-6-8(16(18)19)4-5-9(10)13/h4-6,14H,7H2,1-3H3,(H,15,17). The molecule has 6 nitrogen and oxygen atoms in total. The molecule has 0 aliphatic rings. The molecule has 1 amide bonds. The Morgan fingerprint density at radius 1 is 1.42 bits per heavy atom. The minimum atomic E-state index is -0.504. The van der Waals surface area contributed by atoms with Crippen molar-refractivity contribution < 1.29 is 9.72 Å². The maximum atomic E-state index is 11.7. The second kappa shape index (κ2) is 6.12. The van der Waals surface area contributed by atoms with Gasteiger partial charge in [0, 0.05) is 22.1 Å². The molecule has 0 unspecified atom stereocenters. The maximum Gasteiger partial charge on any atom is 0.271 e. The largest absolute Gasteiger partial charge is 0.324 e. The third-order valence-electron chi connectivity index (χ3n) is 2.21. The van der Waals surface area contributed by atoms with Crippen LogP contribution in [0, 0.1) is 10.1 Å². The lowest BCUT2D eigenvalue weighted by Gasteiger charge is -2.20. The van der Waals surface area contributed by atoms with E-state index in [2.05, 4.69) is 26.6 Å². The lowest BCUT2D eigenvalue weighted by molar-refractivity contribution is -0.384. The fraction of sp³-hybridized carbons (Fsp3) is 0.417. The number of amides is 1. The summed E-state index contributed by atoms with van der Waals surface area (Å²) in [5, 5.41) is 16.3. The summed E-state index contributed by atoms with van der Waals surface area (Å²) in [5.74, 6) is -0.254. The zero-order valence-electron chi connectivity index (χ0n) is 11.0. The summed E-state index contributed by atoms with van der Waals surface area (Å²) in [6, 6.07) is 4.22. The van der Waals surface area contributed by atoms with E-state index in [1.807, 2.05) is 20.8 Å². The fourth-order valence-corrected chi connectivity index (χ4v) is 1.61. The average Bonchev–Trinajstić information content (AvgIpc) is 2.28. The van der Waals surface area contributed by atoms with Gasteiger partial charge in [-0.15, -0.1) is 0 Å². The Labute approximate surface area is 119 Å². The number of nitrogens with one attached hydrogen (secondary N) is 2. The molecule has 1 aromatic carbocycles. The summed E-state index contributed by atoms with van der Waals surface area (Å²) >= 11 is 3.24. The maximum absolute atomic E-state index is 11.7. The van der Waals surface area contributed by atoms with Gasteiger partial charge in [0.15, 0.2) is 0 Å². The molecular weight excluding hydrogens is 314 g/mol. The quantitative estimate of drug-likeness (QED) is 0.657. The molecule has 0 radical (unpaired) electrons. The molecule has 0 spiro atoms. The minimum absolute atomic E-state index is 0.0673. The Morgan fingerprint density at radius 2 is 2.05 bits per heavy atom. The van der Waals surface area contributed by atoms with Gasteiger partial charge in [0.2, 0.25) is 5.91 Å². The number of hydrogen-bond acceptors (Lipinski definition) is 4. The van der Waals surface area contributed by atoms with Crippen molar-refractivity contribution >= 4 is 33.2 Å². The normalized spacial score (nSPS) is 11.2. The zero-order chi connectivity index (χ0) is 14.6. The highest BCUT2D eigenvalue weighted by atomic mass is 79.9. The van der Waals surface area contributed by atoms with Crippen molar-refractivity contribution in [3.05, 3.63) is 32.8 Å². The second-order valence-electron chi connectivity index (χ2n) is 5.07. The molecule has 2 N–H and O–H groups in total. The lowest BCUT2D eigenvalue weighted by atomic mass is 10.1. The molecular formula is C12H16BrN3O3. The van der Waals surface area contributed by atoms with E-state index in [0.717, 1.165) is 0 Å². The highest BCUT2D eigenvalue weighted by Gasteiger charge is 2.14. The summed E-state index contributed by atoms with van der Waals surface area (Å²) in [6.45, 7) is 5.98. The summed E-state index contributed by atoms with van der Waals surface area (Å²) in [5.41, 5.74) is 0.147. The van der Waals surface area contributed by atoms with Crippen LogP contribution in [0.3, 0.4) is 0 Å². The van der Waals surface area contributed by atoms with Crippen LogP contribution in [0.4, 0.5) is 11.4 Å². The van der Waals surface area contributed by atoms with Crippen LogP contribution in [0.25, 0.3) is 0 Å². The van der Waals surface area contributed by atoms with Gasteiger partial charge in [-0.25, -0.2) is 0 Å². The number of rotatable bonds is 4. The first-order valence-electron chi connectivity index (χ1n) is 5.68. The van der Waals surface area contributed by atoms with Crippen LogP contribution < -0.4 is 10.6 Å². The van der Waals surface area contributed by atoms with E-state index in [4.69, 9.17) is 0 Å². The van der Waals surface area contributed by atoms with Crippen LogP contribution >= 0.6 is 15.9 Å². The van der Waals surface area contributed by atoms with E-state index in [-0.39, 0.29) is 23.7 Å². The Balaban J connectivity index is 2.73. The number of non-ortho nitro benzene ring substituents is 1. The molecule has 0 saturated heterocycles. The van der Waals surface area contributed by atoms with Crippen LogP contribution in [-0.4, -0.2) is 22.9 Å². The molecule has 0 aliphatic carbocycles. The number of nitrogens with zero attached hydrogens (tertiary/aromatic N) is 1. The molecule has 0 aliphatic heterocycles. The van der Waals surface area contributed by atoms with E-state index in [1.54, 1.807) is 0 Å². The van der Waals surface area contributed by atoms with Gasteiger partial charge in [-0.05, 0) is 42.8 Å². The molecule has 0 saturated carbocycles. The number of carbonyl (C=O) groups excluding carboxylic acids is 1. The molecule has 19 heavy (non-hydrogen) atoms. The van der Waals surface area contributed by atoms with Crippen molar-refractivity contribution in [3.8, 4) is 0 Å². The Bertz CT molecular complexity index is 497. The summed E-state index contributed by atoms with van der Waals surface area (Å²) in [7, 11) is 0. The third-order valence-corrected chi connectivity index (χ3v) is 2.91. The van der Waals surface area contributed by atoms with E-state index in [0.29, 0.717) is 10.2 Å². The predicted octanol–water partition coefficient (Wildman–Crippen LogP) is 2.68. The van der Waals surface area contributed by atoms with Gasteiger partial charge in [0.1, 0.15) is 0 Å². The number of anilines is 1. The third kappa shape index (κ3) is 5.35. The Morgan fingerprint density at radius 3 is 2.58 bits per heavy atom. The Kier molecular flexibility index (Phi) is 5.02. The second-order valence-corrected chi connectivity index (χ2v) is 5.93. The SMILES string of the molecule is CC(C)(C)NCC(=O)Nc1cc([N+](=O)[O-])ccc1Br. The zero-order valence-corrected chi connectivity index (χ0v) is 12.6. The van der Waals surface area contributed by atoms with Crippen molar-refractivity contribution in [1.82, 2.24) is 5.32 Å². The molecule has 7 heteroatoms. The number of halogens is 1. The van der Waals surface area contributed by atoms with Gasteiger partial charge < -0.3 is 10.6 Å². The minimum Gasteiger partial charge on any atom is -0.324 e. The molecule has 1 rings (SSSR count).